The number of carbonyl (C=O) groups is 1. The van der Waals surface area contributed by atoms with E-state index >= 15 is 0 Å². The SMILES string of the molecule is CCCCCC(=O)C([SiH3])(OCC)OCC. The quantitative estimate of drug-likeness (QED) is 0.341. The molecule has 4 heteroatoms. The highest BCUT2D eigenvalue weighted by molar-refractivity contribution is 6.26. The van der Waals surface area contributed by atoms with Gasteiger partial charge >= 0.3 is 0 Å². The van der Waals surface area contributed by atoms with E-state index in [-0.39, 0.29) is 5.78 Å². The van der Waals surface area contributed by atoms with Crippen LogP contribution in [0.15, 0.2) is 0 Å². The van der Waals surface area contributed by atoms with Crippen molar-refractivity contribution in [1.29, 1.82) is 0 Å². The van der Waals surface area contributed by atoms with Crippen molar-refractivity contribution < 1.29 is 14.3 Å². The average molecular weight is 232 g/mol. The zero-order valence-electron chi connectivity index (χ0n) is 10.5. The van der Waals surface area contributed by atoms with Gasteiger partial charge in [0.1, 0.15) is 0 Å². The molecule has 0 saturated carbocycles. The van der Waals surface area contributed by atoms with Gasteiger partial charge in [-0.1, -0.05) is 19.8 Å². The first-order chi connectivity index (χ1) is 7.10. The van der Waals surface area contributed by atoms with E-state index in [4.69, 9.17) is 9.47 Å². The third-order valence-electron chi connectivity index (χ3n) is 2.35. The van der Waals surface area contributed by atoms with Gasteiger partial charge in [0.2, 0.25) is 0 Å². The number of ketones is 1. The van der Waals surface area contributed by atoms with E-state index in [1.165, 1.54) is 0 Å². The summed E-state index contributed by atoms with van der Waals surface area (Å²) in [7, 11) is 0.596. The van der Waals surface area contributed by atoms with Crippen LogP contribution in [0, 0.1) is 0 Å². The van der Waals surface area contributed by atoms with Crippen LogP contribution in [-0.4, -0.2) is 34.6 Å². The molecule has 0 aromatic heterocycles. The molecule has 0 aromatic rings. The maximum atomic E-state index is 11.9. The Bertz CT molecular complexity index is 177. The summed E-state index contributed by atoms with van der Waals surface area (Å²) in [6.45, 7) is 6.98. The molecule has 0 N–H and O–H groups in total. The standard InChI is InChI=1S/C11H24O3Si/c1-4-7-8-9-10(12)11(15,13-5-2)14-6-3/h4-9H2,1-3,15H3. The van der Waals surface area contributed by atoms with E-state index in [9.17, 15) is 4.79 Å². The van der Waals surface area contributed by atoms with Gasteiger partial charge < -0.3 is 9.47 Å². The highest BCUT2D eigenvalue weighted by atomic mass is 28.1. The molecule has 0 unspecified atom stereocenters. The third kappa shape index (κ3) is 5.44. The van der Waals surface area contributed by atoms with E-state index in [1.54, 1.807) is 0 Å². The number of carbonyl (C=O) groups excluding carboxylic acids is 1. The number of Topliss-reactive ketones (excluding diaryl/α,β-unsaturated/α-hetero) is 1. The van der Waals surface area contributed by atoms with E-state index in [1.807, 2.05) is 13.8 Å². The molecular formula is C11H24O3Si. The Hall–Kier alpha value is -0.193. The van der Waals surface area contributed by atoms with Crippen LogP contribution in [-0.2, 0) is 14.3 Å². The summed E-state index contributed by atoms with van der Waals surface area (Å²) in [5, 5.41) is 0. The minimum absolute atomic E-state index is 0.117. The fraction of sp³-hybridized carbons (Fsp3) is 0.909. The normalized spacial score (nSPS) is 11.9. The van der Waals surface area contributed by atoms with Gasteiger partial charge in [-0.2, -0.15) is 0 Å². The maximum absolute atomic E-state index is 11.9. The van der Waals surface area contributed by atoms with Gasteiger partial charge in [-0.05, 0) is 20.3 Å². The van der Waals surface area contributed by atoms with Crippen LogP contribution in [0.3, 0.4) is 0 Å². The van der Waals surface area contributed by atoms with Crippen molar-refractivity contribution in [3.8, 4) is 0 Å². The molecule has 0 fully saturated rings. The van der Waals surface area contributed by atoms with Gasteiger partial charge in [0.15, 0.2) is 11.2 Å². The van der Waals surface area contributed by atoms with Crippen molar-refractivity contribution in [1.82, 2.24) is 0 Å². The summed E-state index contributed by atoms with van der Waals surface area (Å²) in [4.78, 5) is 11.9. The highest BCUT2D eigenvalue weighted by Crippen LogP contribution is 2.14. The Morgan fingerprint density at radius 2 is 1.67 bits per heavy atom. The Kier molecular flexibility index (Phi) is 7.91. The van der Waals surface area contributed by atoms with Crippen molar-refractivity contribution in [3.05, 3.63) is 0 Å². The lowest BCUT2D eigenvalue weighted by molar-refractivity contribution is -0.186. The molecule has 0 saturated heterocycles. The van der Waals surface area contributed by atoms with Gasteiger partial charge in [0.05, 0.1) is 10.2 Å². The van der Waals surface area contributed by atoms with Gasteiger partial charge in [0.25, 0.3) is 0 Å². The Morgan fingerprint density at radius 3 is 2.07 bits per heavy atom. The van der Waals surface area contributed by atoms with Crippen molar-refractivity contribution in [2.45, 2.75) is 51.9 Å². The molecule has 0 amide bonds. The van der Waals surface area contributed by atoms with Gasteiger partial charge in [-0.15, -0.1) is 0 Å². The molecule has 0 rings (SSSR count). The molecule has 0 heterocycles. The highest BCUT2D eigenvalue weighted by Gasteiger charge is 2.32. The van der Waals surface area contributed by atoms with E-state index in [2.05, 4.69) is 6.92 Å². The number of hydrogen-bond donors (Lipinski definition) is 0. The van der Waals surface area contributed by atoms with Crippen LogP contribution in [0.1, 0.15) is 46.5 Å². The maximum Gasteiger partial charge on any atom is 0.198 e. The zero-order chi connectivity index (χ0) is 11.7. The van der Waals surface area contributed by atoms with Crippen LogP contribution in [0.4, 0.5) is 0 Å². The first-order valence-corrected chi connectivity index (χ1v) is 6.91. The summed E-state index contributed by atoms with van der Waals surface area (Å²) in [5.41, 5.74) is -0.892. The molecule has 0 atom stereocenters. The molecule has 0 aromatic carbocycles. The van der Waals surface area contributed by atoms with Crippen LogP contribution in [0.5, 0.6) is 0 Å². The van der Waals surface area contributed by atoms with Crippen molar-refractivity contribution in [2.75, 3.05) is 13.2 Å². The molecule has 3 nitrogen and oxygen atoms in total. The fourth-order valence-corrected chi connectivity index (χ4v) is 2.34. The first-order valence-electron chi connectivity index (χ1n) is 5.91. The van der Waals surface area contributed by atoms with Crippen molar-refractivity contribution in [2.24, 2.45) is 0 Å². The Balaban J connectivity index is 4.15. The Labute approximate surface area is 95.9 Å². The van der Waals surface area contributed by atoms with Crippen molar-refractivity contribution >= 4 is 16.0 Å². The van der Waals surface area contributed by atoms with Crippen LogP contribution >= 0.6 is 0 Å². The topological polar surface area (TPSA) is 35.5 Å². The summed E-state index contributed by atoms with van der Waals surface area (Å²) in [5.74, 6) is 0.117. The van der Waals surface area contributed by atoms with Gasteiger partial charge in [-0.3, -0.25) is 4.79 Å². The van der Waals surface area contributed by atoms with Crippen LogP contribution in [0.25, 0.3) is 0 Å². The average Bonchev–Trinajstić information content (AvgIpc) is 2.18. The second-order valence-electron chi connectivity index (χ2n) is 3.69. The van der Waals surface area contributed by atoms with E-state index in [0.717, 1.165) is 19.3 Å². The predicted molar refractivity (Wildman–Crippen MR) is 65.1 cm³/mol. The molecule has 0 aliphatic carbocycles. The molecule has 0 spiro atoms. The van der Waals surface area contributed by atoms with E-state index < -0.39 is 5.41 Å². The second kappa shape index (κ2) is 8.02. The predicted octanol–water partition coefficient (Wildman–Crippen LogP) is 1.23. The largest absolute Gasteiger partial charge is 0.348 e. The molecule has 0 bridgehead atoms. The number of ether oxygens (including phenoxy) is 2. The summed E-state index contributed by atoms with van der Waals surface area (Å²) in [6, 6.07) is 0. The molecular weight excluding hydrogens is 208 g/mol. The minimum atomic E-state index is -0.892. The molecule has 0 aliphatic rings. The minimum Gasteiger partial charge on any atom is -0.348 e. The summed E-state index contributed by atoms with van der Waals surface area (Å²) < 4.78 is 10.9. The number of hydrogen-bond acceptors (Lipinski definition) is 3. The fourth-order valence-electron chi connectivity index (χ4n) is 1.52. The molecule has 90 valence electrons. The number of unbranched alkanes of at least 4 members (excludes halogenated alkanes) is 2. The summed E-state index contributed by atoms with van der Waals surface area (Å²) in [6.07, 6.45) is 3.75. The zero-order valence-corrected chi connectivity index (χ0v) is 12.5. The second-order valence-corrected chi connectivity index (χ2v) is 5.01. The van der Waals surface area contributed by atoms with Crippen LogP contribution < -0.4 is 0 Å². The first kappa shape index (κ1) is 14.8. The molecule has 0 radical (unpaired) electrons. The lowest BCUT2D eigenvalue weighted by Gasteiger charge is -2.28. The Morgan fingerprint density at radius 1 is 1.13 bits per heavy atom. The lowest BCUT2D eigenvalue weighted by Crippen LogP contribution is -2.45. The molecule has 0 aliphatic heterocycles. The van der Waals surface area contributed by atoms with E-state index in [0.29, 0.717) is 29.9 Å². The molecule has 15 heavy (non-hydrogen) atoms. The number of rotatable bonds is 9. The van der Waals surface area contributed by atoms with Crippen LogP contribution in [0.2, 0.25) is 0 Å². The summed E-state index contributed by atoms with van der Waals surface area (Å²) >= 11 is 0. The third-order valence-corrected chi connectivity index (χ3v) is 3.49. The van der Waals surface area contributed by atoms with Gasteiger partial charge in [0, 0.05) is 19.6 Å². The van der Waals surface area contributed by atoms with Gasteiger partial charge in [-0.25, -0.2) is 0 Å². The lowest BCUT2D eigenvalue weighted by atomic mass is 10.1. The van der Waals surface area contributed by atoms with Crippen molar-refractivity contribution in [3.63, 3.8) is 0 Å². The smallest absolute Gasteiger partial charge is 0.198 e. The monoisotopic (exact) mass is 232 g/mol.